The first kappa shape index (κ1) is 136. The number of thiol groups is 1. The number of nitrogens with zero attached hydrogens (tertiary/aromatic N) is 3. The number of halogens is 3. The average molecular weight is 2360 g/mol. The predicted octanol–water partition coefficient (Wildman–Crippen LogP) is 14.3. The van der Waals surface area contributed by atoms with Crippen LogP contribution >= 0.6 is 114 Å². The number of methoxy groups -OCH3 is 7. The van der Waals surface area contributed by atoms with Crippen molar-refractivity contribution in [2.75, 3.05) is 91.8 Å². The number of carboxylic acid groups (broad SMARTS) is 3. The number of rotatable bonds is 19. The fraction of sp³-hybridized carbons (Fsp3) is 0.206. The molecule has 0 aromatic heterocycles. The number of aryl methyl sites for hydroxylation is 6. The van der Waals surface area contributed by atoms with Crippen LogP contribution in [0.5, 0.6) is 0 Å². The first-order chi connectivity index (χ1) is 67.0. The van der Waals surface area contributed by atoms with E-state index < -0.39 is 57.6 Å². The molecule has 13 rings (SSSR count). The van der Waals surface area contributed by atoms with Gasteiger partial charge in [-0.25, -0.2) is 47.9 Å². The fourth-order valence-corrected chi connectivity index (χ4v) is 16.8. The van der Waals surface area contributed by atoms with Crippen molar-refractivity contribution in [3.05, 3.63) is 329 Å². The Morgan fingerprint density at radius 1 is 0.490 bits per heavy atom. The van der Waals surface area contributed by atoms with Crippen LogP contribution in [0.1, 0.15) is 169 Å². The maximum Gasteiger partial charge on any atom is 1.00 e. The molecular formula is C97H103Br2IKLiN6O32S5. The van der Waals surface area contributed by atoms with Crippen molar-refractivity contribution in [2.45, 2.75) is 106 Å². The van der Waals surface area contributed by atoms with Gasteiger partial charge in [0, 0.05) is 88.8 Å². The van der Waals surface area contributed by atoms with E-state index in [0.29, 0.717) is 101 Å². The molecule has 12 N–H and O–H groups in total. The van der Waals surface area contributed by atoms with Gasteiger partial charge in [0.15, 0.2) is 0 Å². The zero-order valence-electron chi connectivity index (χ0n) is 81.1. The number of carboxylic acids is 3. The minimum absolute atomic E-state index is 0. The molecule has 0 radical (unpaired) electrons. The van der Waals surface area contributed by atoms with Gasteiger partial charge in [0.1, 0.15) is 5.34 Å². The molecule has 2 aliphatic rings. The number of fused-ring (bicyclic) bond motifs is 2. The number of nitrogen functional groups attached to an aromatic ring is 2. The Kier molecular flexibility index (Phi) is 67.7. The number of esters is 7. The Morgan fingerprint density at radius 3 is 1.23 bits per heavy atom. The quantitative estimate of drug-likeness (QED) is 0.00318. The van der Waals surface area contributed by atoms with Gasteiger partial charge >= 0.3 is 130 Å². The first-order valence-electron chi connectivity index (χ1n) is 40.6. The number of aromatic carboxylic acids is 3. The second-order valence-electron chi connectivity index (χ2n) is 27.5. The molecule has 1 fully saturated rings. The number of carbonyl (C=O) groups is 11. The van der Waals surface area contributed by atoms with Crippen molar-refractivity contribution in [2.24, 2.45) is 5.34 Å². The Labute approximate surface area is 943 Å². The second-order valence-corrected chi connectivity index (χ2v) is 33.9. The van der Waals surface area contributed by atoms with Gasteiger partial charge in [-0.3, -0.25) is 25.0 Å². The molecule has 0 saturated carbocycles. The van der Waals surface area contributed by atoms with Gasteiger partial charge in [0.25, 0.3) is 17.3 Å². The number of anilines is 3. The molecule has 11 aromatic rings. The summed E-state index contributed by atoms with van der Waals surface area (Å²) in [5, 5.41) is 68.9. The summed E-state index contributed by atoms with van der Waals surface area (Å²) < 4.78 is 45.0. The largest absolute Gasteiger partial charge is 1.00 e. The molecule has 1 saturated heterocycles. The van der Waals surface area contributed by atoms with Crippen molar-refractivity contribution in [3.63, 3.8) is 0 Å². The van der Waals surface area contributed by atoms with E-state index in [2.05, 4.69) is 73.7 Å². The summed E-state index contributed by atoms with van der Waals surface area (Å²) in [6.07, 6.45) is 2.56. The van der Waals surface area contributed by atoms with Crippen molar-refractivity contribution < 1.29 is 214 Å². The van der Waals surface area contributed by atoms with Crippen molar-refractivity contribution in [3.8, 4) is 0 Å². The maximum atomic E-state index is 12.2. The predicted molar refractivity (Wildman–Crippen MR) is 556 cm³/mol. The molecule has 0 spiro atoms. The van der Waals surface area contributed by atoms with Gasteiger partial charge in [0.05, 0.1) is 136 Å². The number of aliphatic hydroxyl groups is 1. The molecule has 0 bridgehead atoms. The third kappa shape index (κ3) is 43.4. The summed E-state index contributed by atoms with van der Waals surface area (Å²) in [7, 11) is 10.1. The molecule has 145 heavy (non-hydrogen) atoms. The van der Waals surface area contributed by atoms with E-state index in [1.165, 1.54) is 152 Å². The molecule has 11 aromatic carbocycles. The van der Waals surface area contributed by atoms with Crippen LogP contribution in [0.3, 0.4) is 0 Å². The summed E-state index contributed by atoms with van der Waals surface area (Å²) in [6, 6.07) is 54.8. The Balaban J connectivity index is -0.00000161. The number of carbonyl (C=O) groups excluding carboxylic acids is 8. The standard InChI is InChI=1S/C17H15NO6S.C17H17NO4S.C15H13NO4S.C15H11NO3S.C9H8BrNO4.C9H9BrO2.C8H8O2S.C4H8O.CH3I.CH4O.CH4.K.Li.HNO3.2H2O/c1-10-8-11(16(19)23-2)9-13(18(21)22)15(10)25-14-7-5-4-6-12(14)17(20)24-3;1-10-8-11(16(19)21-2)9-13(18)15(10)23-14-7-5-4-6-12(14)17(20)22-3;1-8-6-9(14(17)18)7-11(16)13(8)21-12-5-3-2-4-10(12)15(19)20;1-8-6-9(15(18)19)7-11-13(8)20-12-5-3-2-4-10(12)14(17)16-11;1-5-3-6(9(12)15-2)4-7(8(5)10)11(13)14;1-6-5-7(9(11)12-2)3-4-8(6)10;1-10-8(9)6-4-2-3-5-7(6)11;1-2-4-5-3-1;2*1-2;;;;2-1-4-3;;/h4-9H,1-3H3;4-9H,18H2,1-3H3;2-7H,16H2,1H3,(H,17,18)(H,19,20);2-7H,1H3,(H,16,17)(H,18,19);3-4H,1-2H3;3-5H,1-2H3;2-5,11H,1H3;1-4H2;1H3;2H,1H3;1H4;;;3H;2*1H2/q;;;;;;;;;;;2*+1;;;/p-2/i;;;;;;;;1D;;;;;;;. The van der Waals surface area contributed by atoms with Gasteiger partial charge < -0.3 is 96.3 Å². The molecule has 0 atom stereocenters. The number of amides is 1. The van der Waals surface area contributed by atoms with Gasteiger partial charge in [-0.15, -0.1) is 17.5 Å². The van der Waals surface area contributed by atoms with Crippen LogP contribution in [0.4, 0.5) is 28.4 Å². The van der Waals surface area contributed by atoms with Gasteiger partial charge in [-0.1, -0.05) is 154 Å². The van der Waals surface area contributed by atoms with Crippen molar-refractivity contribution in [1.82, 2.24) is 0 Å². The van der Waals surface area contributed by atoms with E-state index in [-0.39, 0.29) is 146 Å². The number of nitrogens with one attached hydrogen (secondary N) is 1. The summed E-state index contributed by atoms with van der Waals surface area (Å²) in [6.45, 7) is 12.7. The summed E-state index contributed by atoms with van der Waals surface area (Å²) in [5.41, 5.74) is 21.0. The Hall–Kier alpha value is -11.1. The van der Waals surface area contributed by atoms with Crippen LogP contribution in [0.2, 0.25) is 0 Å². The molecule has 1 amide bonds. The number of hydrogen-bond donors (Lipinski definition) is 8. The monoisotopic (exact) mass is 2360 g/mol. The molecule has 38 nitrogen and oxygen atoms in total. The molecule has 48 heteroatoms. The molecule has 766 valence electrons. The summed E-state index contributed by atoms with van der Waals surface area (Å²) in [5.74, 6) is -6.56. The summed E-state index contributed by atoms with van der Waals surface area (Å²) >= 11 is 17.6. The SMILES string of the molecule is C.C1CCOC1.CO.COC(=O)c1cc(C)c(Br)c([N+](=O)[O-])c1.COC(=O)c1cc(C)c(Sc2ccccc2C(=O)OC)c(N)c1.COC(=O)c1cc(C)c(Sc2ccccc2C(=O)OC)c([N+](=O)[O-])c1.COC(=O)c1ccc(Br)c(C)c1.COC(=O)c1ccccc1S.Cc1cc(C(=O)O)cc(N)c1Sc1ccccc1C(=O)O.Cc1cc(C(=O)O)cc2c1Sc1ccccc1C(=O)N2.O.O=NO[O-].[2H]CI.[K+].[Li+].[OH-]. The zero-order valence-corrected chi connectivity index (χ0v) is 92.8. The van der Waals surface area contributed by atoms with Crippen LogP contribution < -0.4 is 92.3 Å². The molecule has 2 heterocycles. The van der Waals surface area contributed by atoms with E-state index in [9.17, 15) is 78.1 Å². The van der Waals surface area contributed by atoms with Crippen molar-refractivity contribution >= 4 is 208 Å². The van der Waals surface area contributed by atoms with E-state index in [0.717, 1.165) is 72.8 Å². The van der Waals surface area contributed by atoms with E-state index in [1.54, 1.807) is 130 Å². The van der Waals surface area contributed by atoms with E-state index in [1.807, 2.05) is 85.8 Å². The normalized spacial score (nSPS) is 10.3. The van der Waals surface area contributed by atoms with Gasteiger partial charge in [-0.2, -0.15) is 0 Å². The molecule has 0 aliphatic carbocycles. The van der Waals surface area contributed by atoms with Crippen LogP contribution in [-0.4, -0.2) is 182 Å². The van der Waals surface area contributed by atoms with Crippen molar-refractivity contribution in [1.29, 1.82) is 0 Å². The maximum absolute atomic E-state index is 12.2. The first-order valence-corrected chi connectivity index (χ1v) is 46.7. The number of nitrogens with two attached hydrogens (primary N) is 2. The van der Waals surface area contributed by atoms with Crippen LogP contribution in [0, 0.1) is 66.7 Å². The number of nitro benzene ring substituents is 2. The molecule has 2 aliphatic heterocycles. The van der Waals surface area contributed by atoms with E-state index in [4.69, 9.17) is 57.3 Å². The van der Waals surface area contributed by atoms with Crippen LogP contribution in [-0.2, 0) is 42.9 Å². The smallest absolute Gasteiger partial charge is 0.870 e. The minimum atomic E-state index is -1.05. The fourth-order valence-electron chi connectivity index (χ4n) is 11.7. The number of benzene rings is 11. The Morgan fingerprint density at radius 2 is 0.828 bits per heavy atom. The average Bonchev–Trinajstić information content (AvgIpc) is 1.75. The third-order valence-electron chi connectivity index (χ3n) is 18.2. The minimum Gasteiger partial charge on any atom is -0.870 e. The van der Waals surface area contributed by atoms with Crippen LogP contribution in [0.25, 0.3) is 0 Å². The molecular weight excluding hydrogens is 2250 g/mol. The second kappa shape index (κ2) is 72.2. The van der Waals surface area contributed by atoms with Crippen LogP contribution in [0.15, 0.2) is 259 Å². The number of aliphatic hydroxyl groups excluding tert-OH is 1. The third-order valence-corrected chi connectivity index (χ3v) is 25.8. The van der Waals surface area contributed by atoms with Gasteiger partial charge in [-0.05, 0) is 236 Å². The number of nitro groups is 2. The number of ether oxygens (including phenoxy) is 8. The van der Waals surface area contributed by atoms with E-state index >= 15 is 0 Å². The zero-order chi connectivity index (χ0) is 106. The number of hydrogen-bond acceptors (Lipinski definition) is 36. The Bertz CT molecular complexity index is 6270. The number of alkyl halides is 1. The topological polar surface area (TPSA) is 616 Å². The summed E-state index contributed by atoms with van der Waals surface area (Å²) in [4.78, 5) is 164. The van der Waals surface area contributed by atoms with Gasteiger partial charge in [0.2, 0.25) is 0 Å². The molecule has 0 unspecified atom stereocenters.